The number of aliphatic hydroxyl groups is 1. The van der Waals surface area contributed by atoms with E-state index in [2.05, 4.69) is 10.1 Å². The zero-order valence-corrected chi connectivity index (χ0v) is 13.7. The summed E-state index contributed by atoms with van der Waals surface area (Å²) in [5.41, 5.74) is -2.81. The van der Waals surface area contributed by atoms with Crippen molar-refractivity contribution in [1.29, 1.82) is 0 Å². The highest BCUT2D eigenvalue weighted by atomic mass is 32.2. The van der Waals surface area contributed by atoms with Gasteiger partial charge in [-0.05, 0) is 24.6 Å². The zero-order chi connectivity index (χ0) is 18.2. The summed E-state index contributed by atoms with van der Waals surface area (Å²) in [6, 6.07) is 3.75. The first kappa shape index (κ1) is 18.4. The summed E-state index contributed by atoms with van der Waals surface area (Å²) in [6.45, 7) is 1.02. The van der Waals surface area contributed by atoms with Crippen molar-refractivity contribution in [2.75, 3.05) is 6.26 Å². The van der Waals surface area contributed by atoms with Gasteiger partial charge in [-0.25, -0.2) is 18.1 Å². The highest BCUT2D eigenvalue weighted by Gasteiger charge is 2.42. The van der Waals surface area contributed by atoms with Crippen LogP contribution in [0.25, 0.3) is 0 Å². The highest BCUT2D eigenvalue weighted by molar-refractivity contribution is 7.91. The van der Waals surface area contributed by atoms with E-state index in [0.717, 1.165) is 30.5 Å². The summed E-state index contributed by atoms with van der Waals surface area (Å²) in [5, 5.41) is 13.5. The van der Waals surface area contributed by atoms with Crippen LogP contribution in [-0.2, 0) is 28.2 Å². The van der Waals surface area contributed by atoms with Crippen molar-refractivity contribution >= 4 is 9.84 Å². The SMILES string of the molecule is CC(C(O)(Cn1cncn1)c1ccc(C(F)(F)F)cc1)S(C)(=O)=O. The van der Waals surface area contributed by atoms with Crippen LogP contribution in [-0.4, -0.2) is 39.8 Å². The Bertz CT molecular complexity index is 789. The maximum Gasteiger partial charge on any atom is 0.416 e. The van der Waals surface area contributed by atoms with Gasteiger partial charge in [-0.15, -0.1) is 0 Å². The molecule has 0 radical (unpaired) electrons. The number of hydrogen-bond donors (Lipinski definition) is 1. The van der Waals surface area contributed by atoms with E-state index in [1.54, 1.807) is 0 Å². The average molecular weight is 363 g/mol. The molecule has 24 heavy (non-hydrogen) atoms. The summed E-state index contributed by atoms with van der Waals surface area (Å²) >= 11 is 0. The molecule has 0 saturated carbocycles. The second-order valence-corrected chi connectivity index (χ2v) is 7.93. The third-order valence-corrected chi connectivity index (χ3v) is 5.57. The topological polar surface area (TPSA) is 85.1 Å². The van der Waals surface area contributed by atoms with Gasteiger partial charge >= 0.3 is 6.18 Å². The van der Waals surface area contributed by atoms with Gasteiger partial charge in [0.15, 0.2) is 9.84 Å². The number of nitrogens with zero attached hydrogens (tertiary/aromatic N) is 3. The summed E-state index contributed by atoms with van der Waals surface area (Å²) in [6.07, 6.45) is -1.08. The molecule has 0 fully saturated rings. The number of benzene rings is 1. The van der Waals surface area contributed by atoms with E-state index in [0.29, 0.717) is 0 Å². The molecular formula is C14H16F3N3O3S. The van der Waals surface area contributed by atoms with Gasteiger partial charge in [-0.3, -0.25) is 0 Å². The lowest BCUT2D eigenvalue weighted by molar-refractivity contribution is -0.137. The summed E-state index contributed by atoms with van der Waals surface area (Å²) in [5.74, 6) is 0. The van der Waals surface area contributed by atoms with E-state index < -0.39 is 32.4 Å². The van der Waals surface area contributed by atoms with Crippen LogP contribution in [0.4, 0.5) is 13.2 Å². The van der Waals surface area contributed by atoms with E-state index in [9.17, 15) is 26.7 Å². The van der Waals surface area contributed by atoms with Gasteiger partial charge in [0.25, 0.3) is 0 Å². The molecule has 0 amide bonds. The minimum Gasteiger partial charge on any atom is -0.382 e. The molecule has 1 N–H and O–H groups in total. The van der Waals surface area contributed by atoms with Crippen LogP contribution in [0.5, 0.6) is 0 Å². The molecule has 10 heteroatoms. The predicted molar refractivity (Wildman–Crippen MR) is 79.7 cm³/mol. The van der Waals surface area contributed by atoms with Gasteiger partial charge in [0, 0.05) is 6.26 Å². The number of rotatable bonds is 5. The minimum atomic E-state index is -4.52. The van der Waals surface area contributed by atoms with Gasteiger partial charge in [-0.1, -0.05) is 12.1 Å². The van der Waals surface area contributed by atoms with Crippen molar-refractivity contribution < 1.29 is 26.7 Å². The maximum absolute atomic E-state index is 12.7. The van der Waals surface area contributed by atoms with Crippen LogP contribution >= 0.6 is 0 Å². The summed E-state index contributed by atoms with van der Waals surface area (Å²) in [4.78, 5) is 3.71. The molecule has 1 aromatic carbocycles. The molecule has 2 atom stereocenters. The van der Waals surface area contributed by atoms with Gasteiger partial charge in [0.1, 0.15) is 18.3 Å². The second-order valence-electron chi connectivity index (χ2n) is 5.56. The van der Waals surface area contributed by atoms with Crippen LogP contribution in [0.1, 0.15) is 18.1 Å². The molecule has 2 rings (SSSR count). The first-order valence-corrected chi connectivity index (χ1v) is 8.81. The lowest BCUT2D eigenvalue weighted by atomic mass is 9.90. The molecule has 6 nitrogen and oxygen atoms in total. The zero-order valence-electron chi connectivity index (χ0n) is 12.9. The molecule has 0 spiro atoms. The third-order valence-electron chi connectivity index (χ3n) is 3.90. The van der Waals surface area contributed by atoms with Gasteiger partial charge < -0.3 is 5.11 Å². The first-order valence-electron chi connectivity index (χ1n) is 6.86. The van der Waals surface area contributed by atoms with Gasteiger partial charge in [0.2, 0.25) is 0 Å². The fraction of sp³-hybridized carbons (Fsp3) is 0.429. The van der Waals surface area contributed by atoms with Crippen LogP contribution in [0.15, 0.2) is 36.9 Å². The normalized spacial score (nSPS) is 16.6. The van der Waals surface area contributed by atoms with Crippen LogP contribution < -0.4 is 0 Å². The van der Waals surface area contributed by atoms with Crippen molar-refractivity contribution in [2.24, 2.45) is 0 Å². The Morgan fingerprint density at radius 2 is 1.75 bits per heavy atom. The van der Waals surface area contributed by atoms with Crippen molar-refractivity contribution in [1.82, 2.24) is 14.8 Å². The maximum atomic E-state index is 12.7. The molecule has 0 aliphatic rings. The number of aromatic nitrogens is 3. The lowest BCUT2D eigenvalue weighted by Gasteiger charge is -2.33. The first-order chi connectivity index (χ1) is 10.9. The Morgan fingerprint density at radius 3 is 2.17 bits per heavy atom. The van der Waals surface area contributed by atoms with E-state index in [1.807, 2.05) is 0 Å². The summed E-state index contributed by atoms with van der Waals surface area (Å²) < 4.78 is 63.1. The standard InChI is InChI=1S/C14H16F3N3O3S/c1-10(24(2,22)23)13(21,7-20-9-18-8-19-20)11-3-5-12(6-4-11)14(15,16)17/h3-6,8-10,21H,7H2,1-2H3. The molecule has 2 aromatic rings. The van der Waals surface area contributed by atoms with E-state index >= 15 is 0 Å². The molecule has 0 bridgehead atoms. The Morgan fingerprint density at radius 1 is 1.21 bits per heavy atom. The number of alkyl halides is 3. The molecule has 1 aromatic heterocycles. The largest absolute Gasteiger partial charge is 0.416 e. The molecule has 2 unspecified atom stereocenters. The summed E-state index contributed by atoms with van der Waals surface area (Å²) in [7, 11) is -3.68. The van der Waals surface area contributed by atoms with Crippen molar-refractivity contribution in [3.63, 3.8) is 0 Å². The van der Waals surface area contributed by atoms with E-state index in [4.69, 9.17) is 0 Å². The fourth-order valence-corrected chi connectivity index (χ4v) is 3.24. The molecule has 0 aliphatic heterocycles. The number of halogens is 3. The molecule has 1 heterocycles. The van der Waals surface area contributed by atoms with Crippen LogP contribution in [0, 0.1) is 0 Å². The molecular weight excluding hydrogens is 347 g/mol. The van der Waals surface area contributed by atoms with Crippen molar-refractivity contribution in [3.8, 4) is 0 Å². The Kier molecular flexibility index (Phi) is 4.73. The second kappa shape index (κ2) is 6.17. The van der Waals surface area contributed by atoms with E-state index in [1.165, 1.54) is 24.3 Å². The Labute approximate surface area is 136 Å². The Balaban J connectivity index is 2.49. The monoisotopic (exact) mass is 363 g/mol. The smallest absolute Gasteiger partial charge is 0.382 e. The fourth-order valence-electron chi connectivity index (χ4n) is 2.32. The van der Waals surface area contributed by atoms with Crippen molar-refractivity contribution in [3.05, 3.63) is 48.0 Å². The van der Waals surface area contributed by atoms with Crippen LogP contribution in [0.2, 0.25) is 0 Å². The minimum absolute atomic E-state index is 0.0453. The predicted octanol–water partition coefficient (Wildman–Crippen LogP) is 1.62. The number of hydrogen-bond acceptors (Lipinski definition) is 5. The van der Waals surface area contributed by atoms with Crippen molar-refractivity contribution in [2.45, 2.75) is 30.5 Å². The lowest BCUT2D eigenvalue weighted by Crippen LogP contribution is -2.45. The Hall–Kier alpha value is -1.94. The van der Waals surface area contributed by atoms with E-state index in [-0.39, 0.29) is 12.1 Å². The molecule has 0 aliphatic carbocycles. The average Bonchev–Trinajstić information content (AvgIpc) is 2.97. The number of sulfone groups is 1. The van der Waals surface area contributed by atoms with Gasteiger partial charge in [-0.2, -0.15) is 18.3 Å². The van der Waals surface area contributed by atoms with Crippen LogP contribution in [0.3, 0.4) is 0 Å². The van der Waals surface area contributed by atoms with Gasteiger partial charge in [0.05, 0.1) is 17.4 Å². The quantitative estimate of drug-likeness (QED) is 0.873. The molecule has 0 saturated heterocycles. The third kappa shape index (κ3) is 3.75. The molecule has 132 valence electrons. The highest BCUT2D eigenvalue weighted by Crippen LogP contribution is 2.34.